The average Bonchev–Trinajstić information content (AvgIpc) is 2.47. The first kappa shape index (κ1) is 15.4. The highest BCUT2D eigenvalue weighted by Crippen LogP contribution is 2.18. The fourth-order valence-electron chi connectivity index (χ4n) is 2.17. The largest absolute Gasteiger partial charge is 0.465 e. The second-order valence-electron chi connectivity index (χ2n) is 4.76. The second-order valence-corrected chi connectivity index (χ2v) is 4.76. The third kappa shape index (κ3) is 4.24. The van der Waals surface area contributed by atoms with Crippen LogP contribution in [0.25, 0.3) is 0 Å². The van der Waals surface area contributed by atoms with Crippen LogP contribution in [-0.4, -0.2) is 56.6 Å². The van der Waals surface area contributed by atoms with Crippen molar-refractivity contribution >= 4 is 17.6 Å². The highest BCUT2D eigenvalue weighted by Gasteiger charge is 2.17. The minimum absolute atomic E-state index is 0.127. The van der Waals surface area contributed by atoms with Crippen LogP contribution in [0.2, 0.25) is 0 Å². The molecule has 1 aliphatic rings. The predicted octanol–water partition coefficient (Wildman–Crippen LogP) is 0.456. The summed E-state index contributed by atoms with van der Waals surface area (Å²) in [4.78, 5) is 25.6. The first-order valence-electron chi connectivity index (χ1n) is 6.71. The lowest BCUT2D eigenvalue weighted by Gasteiger charge is -2.26. The van der Waals surface area contributed by atoms with Crippen LogP contribution < -0.4 is 10.6 Å². The number of ether oxygens (including phenoxy) is 1. The Labute approximate surface area is 122 Å². The van der Waals surface area contributed by atoms with Crippen LogP contribution in [0.15, 0.2) is 18.2 Å². The second kappa shape index (κ2) is 7.14. The van der Waals surface area contributed by atoms with E-state index in [1.54, 1.807) is 0 Å². The van der Waals surface area contributed by atoms with Gasteiger partial charge in [0.1, 0.15) is 5.82 Å². The van der Waals surface area contributed by atoms with Gasteiger partial charge >= 0.3 is 5.97 Å². The van der Waals surface area contributed by atoms with Crippen LogP contribution >= 0.6 is 0 Å². The number of rotatable bonds is 4. The van der Waals surface area contributed by atoms with Crippen molar-refractivity contribution in [1.82, 2.24) is 10.2 Å². The minimum Gasteiger partial charge on any atom is -0.465 e. The average molecular weight is 295 g/mol. The van der Waals surface area contributed by atoms with Crippen LogP contribution in [0.3, 0.4) is 0 Å². The number of methoxy groups -OCH3 is 1. The number of esters is 1. The highest BCUT2D eigenvalue weighted by atomic mass is 19.1. The molecule has 21 heavy (non-hydrogen) atoms. The lowest BCUT2D eigenvalue weighted by molar-refractivity contribution is -0.117. The number of carbonyl (C=O) groups excluding carboxylic acids is 2. The summed E-state index contributed by atoms with van der Waals surface area (Å²) >= 11 is 0. The van der Waals surface area contributed by atoms with Gasteiger partial charge in [0.05, 0.1) is 24.9 Å². The monoisotopic (exact) mass is 295 g/mol. The molecule has 0 saturated carbocycles. The Balaban J connectivity index is 2.05. The maximum Gasteiger partial charge on any atom is 0.339 e. The van der Waals surface area contributed by atoms with Crippen LogP contribution in [0.1, 0.15) is 10.4 Å². The molecular formula is C14H18FN3O3. The molecule has 0 aliphatic carbocycles. The van der Waals surface area contributed by atoms with Crippen molar-refractivity contribution in [3.63, 3.8) is 0 Å². The van der Waals surface area contributed by atoms with Crippen LogP contribution in [-0.2, 0) is 9.53 Å². The maximum absolute atomic E-state index is 13.3. The summed E-state index contributed by atoms with van der Waals surface area (Å²) in [6.45, 7) is 3.43. The molecule has 1 aliphatic heterocycles. The lowest BCUT2D eigenvalue weighted by atomic mass is 10.1. The fourth-order valence-corrected chi connectivity index (χ4v) is 2.17. The van der Waals surface area contributed by atoms with Crippen molar-refractivity contribution in [2.45, 2.75) is 0 Å². The van der Waals surface area contributed by atoms with Crippen molar-refractivity contribution in [2.75, 3.05) is 45.2 Å². The summed E-state index contributed by atoms with van der Waals surface area (Å²) in [5.41, 5.74) is 0.259. The molecule has 0 aromatic heterocycles. The van der Waals surface area contributed by atoms with E-state index in [0.29, 0.717) is 0 Å². The Morgan fingerprint density at radius 3 is 2.76 bits per heavy atom. The molecule has 1 fully saturated rings. The molecule has 114 valence electrons. The van der Waals surface area contributed by atoms with E-state index < -0.39 is 11.8 Å². The number of halogens is 1. The molecule has 2 rings (SSSR count). The Bertz CT molecular complexity index is 530. The number of piperazine rings is 1. The number of amides is 1. The SMILES string of the molecule is COC(=O)c1ccc(F)cc1NC(=O)CN1CCNCC1. The Hall–Kier alpha value is -1.99. The Morgan fingerprint density at radius 2 is 2.10 bits per heavy atom. The molecule has 0 bridgehead atoms. The fraction of sp³-hybridized carbons (Fsp3) is 0.429. The van der Waals surface area contributed by atoms with E-state index in [4.69, 9.17) is 0 Å². The quantitative estimate of drug-likeness (QED) is 0.790. The molecule has 1 aromatic rings. The smallest absolute Gasteiger partial charge is 0.339 e. The zero-order valence-electron chi connectivity index (χ0n) is 11.8. The molecule has 6 nitrogen and oxygen atoms in total. The van der Waals surface area contributed by atoms with Crippen LogP contribution in [0, 0.1) is 5.82 Å². The van der Waals surface area contributed by atoms with Gasteiger partial charge in [-0.25, -0.2) is 9.18 Å². The molecule has 0 unspecified atom stereocenters. The van der Waals surface area contributed by atoms with Gasteiger partial charge in [0.15, 0.2) is 0 Å². The van der Waals surface area contributed by atoms with Gasteiger partial charge in [-0.3, -0.25) is 9.69 Å². The normalized spacial score (nSPS) is 15.5. The van der Waals surface area contributed by atoms with Crippen molar-refractivity contribution in [3.05, 3.63) is 29.6 Å². The van der Waals surface area contributed by atoms with E-state index in [0.717, 1.165) is 38.3 Å². The number of nitrogens with zero attached hydrogens (tertiary/aromatic N) is 1. The molecule has 0 radical (unpaired) electrons. The summed E-state index contributed by atoms with van der Waals surface area (Å²) in [6, 6.07) is 3.56. The maximum atomic E-state index is 13.3. The Morgan fingerprint density at radius 1 is 1.38 bits per heavy atom. The number of anilines is 1. The van der Waals surface area contributed by atoms with Gasteiger partial charge in [-0.05, 0) is 18.2 Å². The van der Waals surface area contributed by atoms with E-state index in [9.17, 15) is 14.0 Å². The number of hydrogen-bond acceptors (Lipinski definition) is 5. The van der Waals surface area contributed by atoms with Gasteiger partial charge in [-0.2, -0.15) is 0 Å². The van der Waals surface area contributed by atoms with E-state index >= 15 is 0 Å². The Kier molecular flexibility index (Phi) is 5.24. The van der Waals surface area contributed by atoms with Gasteiger partial charge < -0.3 is 15.4 Å². The van der Waals surface area contributed by atoms with Crippen molar-refractivity contribution in [3.8, 4) is 0 Å². The molecule has 7 heteroatoms. The summed E-state index contributed by atoms with van der Waals surface area (Å²) in [5.74, 6) is -1.43. The third-order valence-electron chi connectivity index (χ3n) is 3.24. The predicted molar refractivity (Wildman–Crippen MR) is 75.7 cm³/mol. The van der Waals surface area contributed by atoms with E-state index in [1.807, 2.05) is 4.90 Å². The number of carbonyl (C=O) groups is 2. The molecule has 1 aromatic carbocycles. The summed E-state index contributed by atoms with van der Waals surface area (Å²) in [6.07, 6.45) is 0. The molecular weight excluding hydrogens is 277 g/mol. The van der Waals surface area contributed by atoms with Crippen LogP contribution in [0.4, 0.5) is 10.1 Å². The van der Waals surface area contributed by atoms with E-state index in [2.05, 4.69) is 15.4 Å². The van der Waals surface area contributed by atoms with Gasteiger partial charge in [-0.1, -0.05) is 0 Å². The summed E-state index contributed by atoms with van der Waals surface area (Å²) < 4.78 is 17.9. The first-order valence-corrected chi connectivity index (χ1v) is 6.71. The lowest BCUT2D eigenvalue weighted by Crippen LogP contribution is -2.46. The molecule has 0 atom stereocenters. The zero-order valence-corrected chi connectivity index (χ0v) is 11.8. The zero-order chi connectivity index (χ0) is 15.2. The summed E-state index contributed by atoms with van der Waals surface area (Å²) in [7, 11) is 1.23. The molecule has 1 heterocycles. The van der Waals surface area contributed by atoms with E-state index in [-0.39, 0.29) is 23.7 Å². The summed E-state index contributed by atoms with van der Waals surface area (Å²) in [5, 5.41) is 5.76. The van der Waals surface area contributed by atoms with Gasteiger partial charge in [0, 0.05) is 26.2 Å². The molecule has 1 saturated heterocycles. The minimum atomic E-state index is -0.618. The van der Waals surface area contributed by atoms with Crippen molar-refractivity contribution in [1.29, 1.82) is 0 Å². The van der Waals surface area contributed by atoms with Crippen molar-refractivity contribution < 1.29 is 18.7 Å². The molecule has 2 N–H and O–H groups in total. The highest BCUT2D eigenvalue weighted by molar-refractivity contribution is 6.01. The number of nitrogens with one attached hydrogen (secondary N) is 2. The third-order valence-corrected chi connectivity index (χ3v) is 3.24. The van der Waals surface area contributed by atoms with Crippen LogP contribution in [0.5, 0.6) is 0 Å². The number of hydrogen-bond donors (Lipinski definition) is 2. The topological polar surface area (TPSA) is 70.7 Å². The van der Waals surface area contributed by atoms with Gasteiger partial charge in [-0.15, -0.1) is 0 Å². The van der Waals surface area contributed by atoms with Gasteiger partial charge in [0.2, 0.25) is 5.91 Å². The van der Waals surface area contributed by atoms with E-state index in [1.165, 1.54) is 13.2 Å². The van der Waals surface area contributed by atoms with Gasteiger partial charge in [0.25, 0.3) is 0 Å². The number of benzene rings is 1. The standard InChI is InChI=1S/C14H18FN3O3/c1-21-14(20)11-3-2-10(15)8-12(11)17-13(19)9-18-6-4-16-5-7-18/h2-3,8,16H,4-7,9H2,1H3,(H,17,19). The molecule has 0 spiro atoms. The van der Waals surface area contributed by atoms with Crippen molar-refractivity contribution in [2.24, 2.45) is 0 Å². The first-order chi connectivity index (χ1) is 10.1. The molecule has 1 amide bonds.